The van der Waals surface area contributed by atoms with Crippen molar-refractivity contribution in [2.45, 2.75) is 45.6 Å². The van der Waals surface area contributed by atoms with Crippen molar-refractivity contribution in [3.8, 4) is 0 Å². The molecule has 94 valence electrons. The van der Waals surface area contributed by atoms with E-state index in [9.17, 15) is 0 Å². The molecule has 1 aliphatic carbocycles. The highest BCUT2D eigenvalue weighted by molar-refractivity contribution is 6.29. The Bertz CT molecular complexity index is 410. The smallest absolute Gasteiger partial charge is 0.159 e. The predicted octanol–water partition coefficient (Wildman–Crippen LogP) is 3.74. The third kappa shape index (κ3) is 2.96. The average Bonchev–Trinajstić information content (AvgIpc) is 2.98. The average molecular weight is 255 g/mol. The van der Waals surface area contributed by atoms with Gasteiger partial charge in [-0.2, -0.15) is 0 Å². The number of rotatable bonds is 3. The summed E-state index contributed by atoms with van der Waals surface area (Å²) in [6.45, 7) is 6.34. The maximum Gasteiger partial charge on any atom is 0.159 e. The lowest BCUT2D eigenvalue weighted by Gasteiger charge is -2.28. The van der Waals surface area contributed by atoms with Crippen molar-refractivity contribution in [1.29, 1.82) is 0 Å². The molecule has 0 radical (unpaired) electrons. The Morgan fingerprint density at radius 2 is 2.00 bits per heavy atom. The molecule has 1 aromatic rings. The van der Waals surface area contributed by atoms with E-state index in [1.54, 1.807) is 7.11 Å². The van der Waals surface area contributed by atoms with Crippen molar-refractivity contribution in [3.63, 3.8) is 0 Å². The minimum Gasteiger partial charge on any atom is -0.373 e. The van der Waals surface area contributed by atoms with Gasteiger partial charge < -0.3 is 4.74 Å². The van der Waals surface area contributed by atoms with Crippen LogP contribution in [0.2, 0.25) is 5.15 Å². The summed E-state index contributed by atoms with van der Waals surface area (Å²) < 4.78 is 5.53. The number of aromatic nitrogens is 2. The van der Waals surface area contributed by atoms with E-state index in [-0.39, 0.29) is 11.5 Å². The first kappa shape index (κ1) is 12.8. The maximum absolute atomic E-state index is 6.07. The summed E-state index contributed by atoms with van der Waals surface area (Å²) in [6.07, 6.45) is 2.29. The molecule has 17 heavy (non-hydrogen) atoms. The van der Waals surface area contributed by atoms with Gasteiger partial charge in [0.05, 0.1) is 0 Å². The van der Waals surface area contributed by atoms with E-state index < -0.39 is 0 Å². The van der Waals surface area contributed by atoms with Gasteiger partial charge in [0.1, 0.15) is 11.3 Å². The SMILES string of the molecule is COC(c1nc(Cl)cc(C2CC2)n1)C(C)(C)C. The first-order chi connectivity index (χ1) is 7.91. The Morgan fingerprint density at radius 3 is 2.47 bits per heavy atom. The van der Waals surface area contributed by atoms with Gasteiger partial charge in [-0.1, -0.05) is 32.4 Å². The third-order valence-electron chi connectivity index (χ3n) is 2.98. The van der Waals surface area contributed by atoms with Gasteiger partial charge in [-0.15, -0.1) is 0 Å². The van der Waals surface area contributed by atoms with E-state index >= 15 is 0 Å². The lowest BCUT2D eigenvalue weighted by Crippen LogP contribution is -2.22. The monoisotopic (exact) mass is 254 g/mol. The first-order valence-corrected chi connectivity index (χ1v) is 6.37. The summed E-state index contributed by atoms with van der Waals surface area (Å²) in [6, 6.07) is 1.87. The van der Waals surface area contributed by atoms with E-state index in [4.69, 9.17) is 16.3 Å². The number of hydrogen-bond donors (Lipinski definition) is 0. The van der Waals surface area contributed by atoms with Gasteiger partial charge in [-0.25, -0.2) is 9.97 Å². The number of nitrogens with zero attached hydrogens (tertiary/aromatic N) is 2. The highest BCUT2D eigenvalue weighted by Crippen LogP contribution is 2.41. The van der Waals surface area contributed by atoms with E-state index in [1.807, 2.05) is 6.07 Å². The van der Waals surface area contributed by atoms with Crippen LogP contribution in [0.4, 0.5) is 0 Å². The zero-order valence-corrected chi connectivity index (χ0v) is 11.6. The Morgan fingerprint density at radius 1 is 1.35 bits per heavy atom. The van der Waals surface area contributed by atoms with Gasteiger partial charge in [-0.05, 0) is 24.3 Å². The fourth-order valence-electron chi connectivity index (χ4n) is 2.01. The van der Waals surface area contributed by atoms with Crippen molar-refractivity contribution in [2.24, 2.45) is 5.41 Å². The molecule has 0 amide bonds. The standard InChI is InChI=1S/C13H19ClN2O/c1-13(2,3)11(17-4)12-15-9(8-5-6-8)7-10(14)16-12/h7-8,11H,5-6H2,1-4H3. The van der Waals surface area contributed by atoms with Crippen LogP contribution in [0, 0.1) is 5.41 Å². The fraction of sp³-hybridized carbons (Fsp3) is 0.692. The summed E-state index contributed by atoms with van der Waals surface area (Å²) in [5.41, 5.74) is 1.02. The molecule has 1 fully saturated rings. The normalized spacial score (nSPS) is 18.2. The number of ether oxygens (including phenoxy) is 1. The molecule has 1 saturated carbocycles. The second kappa shape index (κ2) is 4.54. The van der Waals surface area contributed by atoms with Gasteiger partial charge in [-0.3, -0.25) is 0 Å². The quantitative estimate of drug-likeness (QED) is 0.771. The highest BCUT2D eigenvalue weighted by atomic mass is 35.5. The Kier molecular flexibility index (Phi) is 3.41. The molecule has 4 heteroatoms. The summed E-state index contributed by atoms with van der Waals surface area (Å²) >= 11 is 6.07. The molecule has 1 atom stereocenters. The molecule has 1 heterocycles. The van der Waals surface area contributed by atoms with Crippen LogP contribution in [0.1, 0.15) is 57.2 Å². The zero-order valence-electron chi connectivity index (χ0n) is 10.8. The van der Waals surface area contributed by atoms with Crippen molar-refractivity contribution in [2.75, 3.05) is 7.11 Å². The predicted molar refractivity (Wildman–Crippen MR) is 68.2 cm³/mol. The Labute approximate surface area is 108 Å². The van der Waals surface area contributed by atoms with Gasteiger partial charge in [0.15, 0.2) is 5.82 Å². The molecule has 0 saturated heterocycles. The van der Waals surface area contributed by atoms with Crippen LogP contribution in [0.25, 0.3) is 0 Å². The minimum absolute atomic E-state index is 0.0414. The zero-order chi connectivity index (χ0) is 12.6. The van der Waals surface area contributed by atoms with Crippen molar-refractivity contribution in [3.05, 3.63) is 22.7 Å². The maximum atomic E-state index is 6.07. The Balaban J connectivity index is 2.36. The summed E-state index contributed by atoms with van der Waals surface area (Å²) in [5.74, 6) is 1.28. The van der Waals surface area contributed by atoms with E-state index in [0.29, 0.717) is 16.9 Å². The molecule has 1 unspecified atom stereocenters. The van der Waals surface area contributed by atoms with Crippen LogP contribution in [0.5, 0.6) is 0 Å². The molecule has 0 N–H and O–H groups in total. The molecular weight excluding hydrogens is 236 g/mol. The van der Waals surface area contributed by atoms with Gasteiger partial charge >= 0.3 is 0 Å². The van der Waals surface area contributed by atoms with Crippen molar-refractivity contribution in [1.82, 2.24) is 9.97 Å². The molecule has 3 nitrogen and oxygen atoms in total. The van der Waals surface area contributed by atoms with Crippen LogP contribution in [-0.4, -0.2) is 17.1 Å². The molecule has 1 aromatic heterocycles. The molecule has 0 bridgehead atoms. The second-order valence-electron chi connectivity index (χ2n) is 5.73. The van der Waals surface area contributed by atoms with Crippen LogP contribution in [0.15, 0.2) is 6.07 Å². The van der Waals surface area contributed by atoms with Crippen LogP contribution >= 0.6 is 11.6 Å². The van der Waals surface area contributed by atoms with E-state index in [2.05, 4.69) is 30.7 Å². The van der Waals surface area contributed by atoms with E-state index in [0.717, 1.165) is 5.69 Å². The largest absolute Gasteiger partial charge is 0.373 e. The highest BCUT2D eigenvalue weighted by Gasteiger charge is 2.31. The summed E-state index contributed by atoms with van der Waals surface area (Å²) in [7, 11) is 1.69. The minimum atomic E-state index is -0.126. The number of hydrogen-bond acceptors (Lipinski definition) is 3. The topological polar surface area (TPSA) is 35.0 Å². The lowest BCUT2D eigenvalue weighted by atomic mass is 9.88. The summed E-state index contributed by atoms with van der Waals surface area (Å²) in [4.78, 5) is 8.92. The van der Waals surface area contributed by atoms with Crippen molar-refractivity contribution >= 4 is 11.6 Å². The van der Waals surface area contributed by atoms with E-state index in [1.165, 1.54) is 12.8 Å². The Hall–Kier alpha value is -0.670. The molecule has 0 aromatic carbocycles. The molecular formula is C13H19ClN2O. The van der Waals surface area contributed by atoms with Gasteiger partial charge in [0.2, 0.25) is 0 Å². The van der Waals surface area contributed by atoms with Crippen LogP contribution in [0.3, 0.4) is 0 Å². The molecule has 1 aliphatic rings. The molecule has 0 spiro atoms. The molecule has 0 aliphatic heterocycles. The van der Waals surface area contributed by atoms with Crippen molar-refractivity contribution < 1.29 is 4.74 Å². The van der Waals surface area contributed by atoms with Crippen LogP contribution < -0.4 is 0 Å². The summed E-state index contributed by atoms with van der Waals surface area (Å²) in [5, 5.41) is 0.517. The van der Waals surface area contributed by atoms with Gasteiger partial charge in [0.25, 0.3) is 0 Å². The number of methoxy groups -OCH3 is 1. The van der Waals surface area contributed by atoms with Gasteiger partial charge in [0, 0.05) is 18.7 Å². The van der Waals surface area contributed by atoms with Crippen LogP contribution in [-0.2, 0) is 4.74 Å². The second-order valence-corrected chi connectivity index (χ2v) is 6.12. The lowest BCUT2D eigenvalue weighted by molar-refractivity contribution is 0.00851. The number of halogens is 1. The third-order valence-corrected chi connectivity index (χ3v) is 3.18. The molecule has 2 rings (SSSR count). The first-order valence-electron chi connectivity index (χ1n) is 5.99. The fourth-order valence-corrected chi connectivity index (χ4v) is 2.20.